The lowest BCUT2D eigenvalue weighted by Gasteiger charge is -2.07. The molecule has 0 radical (unpaired) electrons. The molecule has 2 heterocycles. The predicted molar refractivity (Wildman–Crippen MR) is 94.3 cm³/mol. The standard InChI is InChI=1S/C17H20N4O2S/c1-3-11(4-2)16-19-20-17(24-16)18-15(22)14-10-13(21-23-14)12-8-6-5-7-9-12/h5-9,11,14H,3-4,10H2,1-2H3,(H,18,20,22). The second kappa shape index (κ2) is 7.53. The van der Waals surface area contributed by atoms with Gasteiger partial charge in [-0.05, 0) is 18.4 Å². The summed E-state index contributed by atoms with van der Waals surface area (Å²) in [5.74, 6) is 0.154. The highest BCUT2D eigenvalue weighted by atomic mass is 32.1. The van der Waals surface area contributed by atoms with Crippen LogP contribution in [-0.2, 0) is 9.63 Å². The average Bonchev–Trinajstić information content (AvgIpc) is 3.27. The van der Waals surface area contributed by atoms with Crippen LogP contribution in [0, 0.1) is 0 Å². The molecule has 126 valence electrons. The molecule has 1 aliphatic heterocycles. The van der Waals surface area contributed by atoms with Crippen molar-refractivity contribution in [1.29, 1.82) is 0 Å². The molecule has 1 N–H and O–H groups in total. The van der Waals surface area contributed by atoms with E-state index < -0.39 is 6.10 Å². The van der Waals surface area contributed by atoms with Gasteiger partial charge in [0.1, 0.15) is 5.01 Å². The Balaban J connectivity index is 1.59. The minimum Gasteiger partial charge on any atom is -0.382 e. The summed E-state index contributed by atoms with van der Waals surface area (Å²) in [4.78, 5) is 17.6. The van der Waals surface area contributed by atoms with E-state index in [9.17, 15) is 4.79 Å². The monoisotopic (exact) mass is 344 g/mol. The molecule has 1 aromatic heterocycles. The molecular formula is C17H20N4O2S. The van der Waals surface area contributed by atoms with Gasteiger partial charge in [0.2, 0.25) is 11.2 Å². The number of nitrogens with one attached hydrogen (secondary N) is 1. The number of hydrogen-bond acceptors (Lipinski definition) is 6. The maximum absolute atomic E-state index is 12.3. The van der Waals surface area contributed by atoms with Crippen LogP contribution in [0.3, 0.4) is 0 Å². The number of hydrogen-bond donors (Lipinski definition) is 1. The number of amides is 1. The molecule has 0 spiro atoms. The fraction of sp³-hybridized carbons (Fsp3) is 0.412. The summed E-state index contributed by atoms with van der Waals surface area (Å²) in [5, 5.41) is 16.5. The van der Waals surface area contributed by atoms with E-state index in [-0.39, 0.29) is 5.91 Å². The summed E-state index contributed by atoms with van der Waals surface area (Å²) in [6.45, 7) is 4.26. The van der Waals surface area contributed by atoms with Crippen molar-refractivity contribution in [2.24, 2.45) is 5.16 Å². The number of nitrogens with zero attached hydrogens (tertiary/aromatic N) is 3. The molecule has 6 nitrogen and oxygen atoms in total. The van der Waals surface area contributed by atoms with E-state index in [0.29, 0.717) is 17.5 Å². The summed E-state index contributed by atoms with van der Waals surface area (Å²) in [6.07, 6.45) is 1.85. The van der Waals surface area contributed by atoms with Gasteiger partial charge in [-0.15, -0.1) is 10.2 Å². The number of carbonyl (C=O) groups excluding carboxylic acids is 1. The molecule has 7 heteroatoms. The minimum absolute atomic E-state index is 0.239. The van der Waals surface area contributed by atoms with Crippen molar-refractivity contribution in [3.05, 3.63) is 40.9 Å². The molecular weight excluding hydrogens is 324 g/mol. The van der Waals surface area contributed by atoms with Crippen molar-refractivity contribution in [3.63, 3.8) is 0 Å². The van der Waals surface area contributed by atoms with E-state index in [1.807, 2.05) is 30.3 Å². The first-order chi connectivity index (χ1) is 11.7. The predicted octanol–water partition coefficient (Wildman–Crippen LogP) is 3.57. The Bertz CT molecular complexity index is 725. The highest BCUT2D eigenvalue weighted by Crippen LogP contribution is 2.28. The summed E-state index contributed by atoms with van der Waals surface area (Å²) >= 11 is 1.43. The van der Waals surface area contributed by atoms with Crippen molar-refractivity contribution in [2.75, 3.05) is 5.32 Å². The maximum atomic E-state index is 12.3. The highest BCUT2D eigenvalue weighted by molar-refractivity contribution is 7.15. The first-order valence-electron chi connectivity index (χ1n) is 8.13. The SMILES string of the molecule is CCC(CC)c1nnc(NC(=O)C2CC(c3ccccc3)=NO2)s1. The van der Waals surface area contributed by atoms with Crippen LogP contribution < -0.4 is 5.32 Å². The number of carbonyl (C=O) groups is 1. The molecule has 0 aliphatic carbocycles. The second-order valence-electron chi connectivity index (χ2n) is 5.65. The van der Waals surface area contributed by atoms with Crippen LogP contribution in [0.2, 0.25) is 0 Å². The van der Waals surface area contributed by atoms with Crippen molar-refractivity contribution >= 4 is 28.1 Å². The maximum Gasteiger partial charge on any atom is 0.270 e. The smallest absolute Gasteiger partial charge is 0.270 e. The molecule has 1 aliphatic rings. The van der Waals surface area contributed by atoms with Crippen molar-refractivity contribution in [3.8, 4) is 0 Å². The lowest BCUT2D eigenvalue weighted by molar-refractivity contribution is -0.125. The Morgan fingerprint density at radius 2 is 2.04 bits per heavy atom. The van der Waals surface area contributed by atoms with Gasteiger partial charge in [0.25, 0.3) is 5.91 Å². The Morgan fingerprint density at radius 3 is 2.75 bits per heavy atom. The third-order valence-corrected chi connectivity index (χ3v) is 5.08. The van der Waals surface area contributed by atoms with Gasteiger partial charge in [-0.2, -0.15) is 0 Å². The summed E-state index contributed by atoms with van der Waals surface area (Å²) < 4.78 is 0. The van der Waals surface area contributed by atoms with Crippen LogP contribution >= 0.6 is 11.3 Å². The van der Waals surface area contributed by atoms with Crippen molar-refractivity contribution in [2.45, 2.75) is 45.1 Å². The summed E-state index contributed by atoms with van der Waals surface area (Å²) in [5.41, 5.74) is 1.76. The van der Waals surface area contributed by atoms with Crippen molar-refractivity contribution in [1.82, 2.24) is 10.2 Å². The van der Waals surface area contributed by atoms with Gasteiger partial charge in [0.15, 0.2) is 0 Å². The van der Waals surface area contributed by atoms with Crippen molar-refractivity contribution < 1.29 is 9.63 Å². The fourth-order valence-electron chi connectivity index (χ4n) is 2.59. The third-order valence-electron chi connectivity index (χ3n) is 4.07. The number of anilines is 1. The molecule has 0 fully saturated rings. The Labute approximate surface area is 144 Å². The minimum atomic E-state index is -0.624. The number of aromatic nitrogens is 2. The molecule has 2 aromatic rings. The van der Waals surface area contributed by atoms with E-state index in [4.69, 9.17) is 4.84 Å². The van der Waals surface area contributed by atoms with Crippen LogP contribution in [-0.4, -0.2) is 27.9 Å². The number of benzene rings is 1. The van der Waals surface area contributed by atoms with E-state index >= 15 is 0 Å². The zero-order chi connectivity index (χ0) is 16.9. The molecule has 1 atom stereocenters. The van der Waals surface area contributed by atoms with E-state index in [1.54, 1.807) is 0 Å². The van der Waals surface area contributed by atoms with E-state index in [2.05, 4.69) is 34.5 Å². The zero-order valence-corrected chi connectivity index (χ0v) is 14.5. The zero-order valence-electron chi connectivity index (χ0n) is 13.7. The van der Waals surface area contributed by atoms with Gasteiger partial charge >= 0.3 is 0 Å². The molecule has 1 unspecified atom stereocenters. The van der Waals surface area contributed by atoms with Gasteiger partial charge in [0.05, 0.1) is 5.71 Å². The van der Waals surface area contributed by atoms with Gasteiger partial charge in [0, 0.05) is 12.3 Å². The van der Waals surface area contributed by atoms with Crippen LogP contribution in [0.5, 0.6) is 0 Å². The average molecular weight is 344 g/mol. The lowest BCUT2D eigenvalue weighted by Crippen LogP contribution is -2.28. The normalized spacial score (nSPS) is 16.8. The van der Waals surface area contributed by atoms with E-state index in [0.717, 1.165) is 29.1 Å². The van der Waals surface area contributed by atoms with Crippen LogP contribution in [0.25, 0.3) is 0 Å². The molecule has 1 aromatic carbocycles. The molecule has 1 amide bonds. The third kappa shape index (κ3) is 3.62. The molecule has 0 bridgehead atoms. The molecule has 3 rings (SSSR count). The van der Waals surface area contributed by atoms with Gasteiger partial charge in [-0.25, -0.2) is 0 Å². The van der Waals surface area contributed by atoms with Gasteiger partial charge in [-0.1, -0.05) is 60.7 Å². The Morgan fingerprint density at radius 1 is 1.29 bits per heavy atom. The summed E-state index contributed by atoms with van der Waals surface area (Å²) in [7, 11) is 0. The highest BCUT2D eigenvalue weighted by Gasteiger charge is 2.29. The number of rotatable bonds is 6. The van der Waals surface area contributed by atoms with E-state index in [1.165, 1.54) is 11.3 Å². The van der Waals surface area contributed by atoms with Crippen LogP contribution in [0.4, 0.5) is 5.13 Å². The van der Waals surface area contributed by atoms with Gasteiger partial charge < -0.3 is 4.84 Å². The first-order valence-corrected chi connectivity index (χ1v) is 8.95. The van der Waals surface area contributed by atoms with Gasteiger partial charge in [-0.3, -0.25) is 10.1 Å². The largest absolute Gasteiger partial charge is 0.382 e. The summed E-state index contributed by atoms with van der Waals surface area (Å²) in [6, 6.07) is 9.72. The lowest BCUT2D eigenvalue weighted by atomic mass is 10.1. The number of oxime groups is 1. The quantitative estimate of drug-likeness (QED) is 0.869. The molecule has 24 heavy (non-hydrogen) atoms. The topological polar surface area (TPSA) is 76.5 Å². The second-order valence-corrected chi connectivity index (χ2v) is 6.66. The molecule has 0 saturated heterocycles. The molecule has 0 saturated carbocycles. The first kappa shape index (κ1) is 16.6. The Kier molecular flexibility index (Phi) is 5.20. The fourth-order valence-corrected chi connectivity index (χ4v) is 3.61. The van der Waals surface area contributed by atoms with Crippen LogP contribution in [0.1, 0.15) is 49.6 Å². The van der Waals surface area contributed by atoms with Crippen LogP contribution in [0.15, 0.2) is 35.5 Å². The Hall–Kier alpha value is -2.28.